The van der Waals surface area contributed by atoms with E-state index in [1.54, 1.807) is 0 Å². The van der Waals surface area contributed by atoms with Crippen molar-refractivity contribution in [3.05, 3.63) is 0 Å². The normalized spacial score (nSPS) is 38.0. The minimum absolute atomic E-state index is 0.210. The van der Waals surface area contributed by atoms with E-state index < -0.39 is 0 Å². The zero-order chi connectivity index (χ0) is 10.8. The lowest BCUT2D eigenvalue weighted by Gasteiger charge is -2.36. The molecule has 4 nitrogen and oxygen atoms in total. The number of carbonyl (C=O) groups excluding carboxylic acids is 1. The van der Waals surface area contributed by atoms with Crippen LogP contribution in [-0.4, -0.2) is 42.5 Å². The maximum atomic E-state index is 11.1. The van der Waals surface area contributed by atoms with E-state index >= 15 is 0 Å². The summed E-state index contributed by atoms with van der Waals surface area (Å²) in [5.41, 5.74) is 5.97. The summed E-state index contributed by atoms with van der Waals surface area (Å²) in [6.07, 6.45) is 2.78. The van der Waals surface area contributed by atoms with Gasteiger partial charge in [0.2, 0.25) is 5.91 Å². The molecule has 2 aliphatic heterocycles. The van der Waals surface area contributed by atoms with Crippen molar-refractivity contribution >= 4 is 5.91 Å². The third-order valence-corrected chi connectivity index (χ3v) is 3.62. The molecule has 2 heterocycles. The van der Waals surface area contributed by atoms with Gasteiger partial charge in [0.25, 0.3) is 0 Å². The Kier molecular flexibility index (Phi) is 3.26. The molecule has 4 heteroatoms. The van der Waals surface area contributed by atoms with E-state index in [0.29, 0.717) is 24.4 Å². The Balaban J connectivity index is 1.78. The molecule has 2 rings (SSSR count). The summed E-state index contributed by atoms with van der Waals surface area (Å²) in [6, 6.07) is 0.735. The van der Waals surface area contributed by atoms with Gasteiger partial charge in [0.1, 0.15) is 0 Å². The van der Waals surface area contributed by atoms with E-state index in [0.717, 1.165) is 32.5 Å². The third-order valence-electron chi connectivity index (χ3n) is 3.62. The van der Waals surface area contributed by atoms with Crippen LogP contribution in [0.4, 0.5) is 0 Å². The summed E-state index contributed by atoms with van der Waals surface area (Å²) in [5.74, 6) is 0.789. The molecular formula is C11H21N3O. The fraction of sp³-hybridized carbons (Fsp3) is 0.909. The van der Waals surface area contributed by atoms with Gasteiger partial charge in [-0.2, -0.15) is 0 Å². The van der Waals surface area contributed by atoms with Gasteiger partial charge in [-0.25, -0.2) is 0 Å². The predicted molar refractivity (Wildman–Crippen MR) is 59.4 cm³/mol. The van der Waals surface area contributed by atoms with Crippen molar-refractivity contribution < 1.29 is 4.79 Å². The Morgan fingerprint density at radius 2 is 2.33 bits per heavy atom. The summed E-state index contributed by atoms with van der Waals surface area (Å²) >= 11 is 0. The van der Waals surface area contributed by atoms with Crippen molar-refractivity contribution in [2.45, 2.75) is 38.3 Å². The Morgan fingerprint density at radius 1 is 1.53 bits per heavy atom. The Bertz CT molecular complexity index is 244. The number of rotatable bonds is 2. The van der Waals surface area contributed by atoms with Crippen LogP contribution in [0.25, 0.3) is 0 Å². The SMILES string of the molecule is CC1CN(CC2CCC(=O)N2)CCC1N. The maximum absolute atomic E-state index is 11.1. The minimum Gasteiger partial charge on any atom is -0.352 e. The molecule has 0 saturated carbocycles. The molecule has 0 aliphatic carbocycles. The second kappa shape index (κ2) is 4.49. The van der Waals surface area contributed by atoms with Gasteiger partial charge in [0.05, 0.1) is 0 Å². The van der Waals surface area contributed by atoms with Gasteiger partial charge >= 0.3 is 0 Å². The van der Waals surface area contributed by atoms with E-state index in [1.165, 1.54) is 0 Å². The lowest BCUT2D eigenvalue weighted by atomic mass is 9.94. The molecule has 3 unspecified atom stereocenters. The largest absolute Gasteiger partial charge is 0.352 e. The van der Waals surface area contributed by atoms with Crippen LogP contribution < -0.4 is 11.1 Å². The molecule has 1 amide bonds. The lowest BCUT2D eigenvalue weighted by Crippen LogP contribution is -2.49. The predicted octanol–water partition coefficient (Wildman–Crippen LogP) is -0.0659. The molecule has 0 radical (unpaired) electrons. The quantitative estimate of drug-likeness (QED) is 0.672. The van der Waals surface area contributed by atoms with Crippen LogP contribution in [0.2, 0.25) is 0 Å². The van der Waals surface area contributed by atoms with Crippen LogP contribution >= 0.6 is 0 Å². The molecule has 0 aromatic rings. The standard InChI is InChI=1S/C11H21N3O/c1-8-6-14(5-4-10(8)12)7-9-2-3-11(15)13-9/h8-10H,2-7,12H2,1H3,(H,13,15). The Morgan fingerprint density at radius 3 is 2.93 bits per heavy atom. The highest BCUT2D eigenvalue weighted by Crippen LogP contribution is 2.17. The van der Waals surface area contributed by atoms with E-state index in [1.807, 2.05) is 0 Å². The highest BCUT2D eigenvalue weighted by molar-refractivity contribution is 5.78. The van der Waals surface area contributed by atoms with Gasteiger partial charge in [-0.3, -0.25) is 4.79 Å². The summed E-state index contributed by atoms with van der Waals surface area (Å²) in [6.45, 7) is 5.37. The smallest absolute Gasteiger partial charge is 0.220 e. The molecule has 0 aromatic heterocycles. The van der Waals surface area contributed by atoms with Crippen molar-refractivity contribution in [1.29, 1.82) is 0 Å². The number of nitrogens with one attached hydrogen (secondary N) is 1. The fourth-order valence-electron chi connectivity index (χ4n) is 2.54. The van der Waals surface area contributed by atoms with Crippen LogP contribution in [0.15, 0.2) is 0 Å². The number of hydrogen-bond donors (Lipinski definition) is 2. The molecule has 3 N–H and O–H groups in total. The summed E-state index contributed by atoms with van der Waals surface area (Å²) in [5, 5.41) is 3.02. The van der Waals surface area contributed by atoms with Crippen LogP contribution in [0.3, 0.4) is 0 Å². The van der Waals surface area contributed by atoms with E-state index in [-0.39, 0.29) is 5.91 Å². The highest BCUT2D eigenvalue weighted by atomic mass is 16.1. The van der Waals surface area contributed by atoms with Crippen LogP contribution in [0.1, 0.15) is 26.2 Å². The maximum Gasteiger partial charge on any atom is 0.220 e. The van der Waals surface area contributed by atoms with Crippen molar-refractivity contribution in [3.8, 4) is 0 Å². The van der Waals surface area contributed by atoms with E-state index in [2.05, 4.69) is 17.1 Å². The van der Waals surface area contributed by atoms with E-state index in [9.17, 15) is 4.79 Å². The molecular weight excluding hydrogens is 190 g/mol. The van der Waals surface area contributed by atoms with Crippen molar-refractivity contribution in [1.82, 2.24) is 10.2 Å². The topological polar surface area (TPSA) is 58.4 Å². The van der Waals surface area contributed by atoms with Crippen molar-refractivity contribution in [3.63, 3.8) is 0 Å². The summed E-state index contributed by atoms with van der Waals surface area (Å²) < 4.78 is 0. The summed E-state index contributed by atoms with van der Waals surface area (Å²) in [7, 11) is 0. The Labute approximate surface area is 91.2 Å². The Hall–Kier alpha value is -0.610. The monoisotopic (exact) mass is 211 g/mol. The van der Waals surface area contributed by atoms with Gasteiger partial charge in [0, 0.05) is 31.6 Å². The van der Waals surface area contributed by atoms with Gasteiger partial charge in [0.15, 0.2) is 0 Å². The number of hydrogen-bond acceptors (Lipinski definition) is 3. The third kappa shape index (κ3) is 2.69. The molecule has 0 aromatic carbocycles. The first-order valence-electron chi connectivity index (χ1n) is 5.92. The first-order chi connectivity index (χ1) is 7.15. The van der Waals surface area contributed by atoms with Gasteiger partial charge in [-0.15, -0.1) is 0 Å². The van der Waals surface area contributed by atoms with Gasteiger partial charge < -0.3 is 16.0 Å². The van der Waals surface area contributed by atoms with Gasteiger partial charge in [-0.1, -0.05) is 6.92 Å². The second-order valence-corrected chi connectivity index (χ2v) is 4.99. The average Bonchev–Trinajstić information content (AvgIpc) is 2.58. The molecule has 0 bridgehead atoms. The number of piperidine rings is 1. The average molecular weight is 211 g/mol. The molecule has 86 valence electrons. The minimum atomic E-state index is 0.210. The van der Waals surface area contributed by atoms with Crippen molar-refractivity contribution in [2.24, 2.45) is 11.7 Å². The zero-order valence-electron chi connectivity index (χ0n) is 9.41. The zero-order valence-corrected chi connectivity index (χ0v) is 9.41. The second-order valence-electron chi connectivity index (χ2n) is 4.99. The first-order valence-corrected chi connectivity index (χ1v) is 5.92. The highest BCUT2D eigenvalue weighted by Gasteiger charge is 2.27. The van der Waals surface area contributed by atoms with Crippen LogP contribution in [0.5, 0.6) is 0 Å². The number of nitrogens with zero attached hydrogens (tertiary/aromatic N) is 1. The van der Waals surface area contributed by atoms with Crippen molar-refractivity contribution in [2.75, 3.05) is 19.6 Å². The lowest BCUT2D eigenvalue weighted by molar-refractivity contribution is -0.119. The summed E-state index contributed by atoms with van der Waals surface area (Å²) in [4.78, 5) is 13.5. The van der Waals surface area contributed by atoms with Crippen LogP contribution in [0, 0.1) is 5.92 Å². The number of amides is 1. The number of carbonyl (C=O) groups is 1. The van der Waals surface area contributed by atoms with Gasteiger partial charge in [-0.05, 0) is 25.3 Å². The number of nitrogens with two attached hydrogens (primary N) is 1. The van der Waals surface area contributed by atoms with Crippen LogP contribution in [-0.2, 0) is 4.79 Å². The molecule has 2 saturated heterocycles. The molecule has 2 fully saturated rings. The fourth-order valence-corrected chi connectivity index (χ4v) is 2.54. The molecule has 2 aliphatic rings. The first kappa shape index (κ1) is 10.9. The molecule has 15 heavy (non-hydrogen) atoms. The molecule has 3 atom stereocenters. The molecule has 0 spiro atoms. The van der Waals surface area contributed by atoms with E-state index in [4.69, 9.17) is 5.73 Å². The number of likely N-dealkylation sites (tertiary alicyclic amines) is 1.